The molecule has 0 aromatic carbocycles. The first-order chi connectivity index (χ1) is 6.43. The molecule has 2 heteroatoms. The zero-order chi connectivity index (χ0) is 10.8. The highest BCUT2D eigenvalue weighted by molar-refractivity contribution is 4.90. The van der Waals surface area contributed by atoms with Gasteiger partial charge in [-0.2, -0.15) is 0 Å². The van der Waals surface area contributed by atoms with Gasteiger partial charge in [-0.1, -0.05) is 20.8 Å². The van der Waals surface area contributed by atoms with E-state index in [0.717, 1.165) is 32.0 Å². The number of nitrogens with two attached hydrogens (primary N) is 1. The fourth-order valence-corrected chi connectivity index (χ4v) is 2.15. The highest BCUT2D eigenvalue weighted by Crippen LogP contribution is 2.31. The molecule has 1 rings (SSSR count). The van der Waals surface area contributed by atoms with Gasteiger partial charge in [0, 0.05) is 18.1 Å². The molecule has 0 spiro atoms. The molecule has 0 aliphatic carbocycles. The van der Waals surface area contributed by atoms with Gasteiger partial charge in [0.2, 0.25) is 0 Å². The van der Waals surface area contributed by atoms with Crippen molar-refractivity contribution >= 4 is 0 Å². The van der Waals surface area contributed by atoms with E-state index in [4.69, 9.17) is 10.5 Å². The van der Waals surface area contributed by atoms with Gasteiger partial charge in [0.25, 0.3) is 0 Å². The quantitative estimate of drug-likeness (QED) is 0.754. The zero-order valence-electron chi connectivity index (χ0n) is 10.0. The molecule has 1 saturated heterocycles. The van der Waals surface area contributed by atoms with Crippen molar-refractivity contribution in [2.24, 2.45) is 23.5 Å². The van der Waals surface area contributed by atoms with Crippen LogP contribution in [0, 0.1) is 17.8 Å². The number of rotatable bonds is 4. The van der Waals surface area contributed by atoms with Gasteiger partial charge in [-0.05, 0) is 31.6 Å². The maximum atomic E-state index is 6.38. The molecule has 3 atom stereocenters. The second kappa shape index (κ2) is 4.63. The summed E-state index contributed by atoms with van der Waals surface area (Å²) in [6, 6.07) is 0. The number of hydrogen-bond acceptors (Lipinski definition) is 2. The van der Waals surface area contributed by atoms with Gasteiger partial charge < -0.3 is 10.5 Å². The van der Waals surface area contributed by atoms with E-state index in [2.05, 4.69) is 27.7 Å². The third-order valence-electron chi connectivity index (χ3n) is 3.76. The SMILES string of the molecule is CC(C)[C@@H](C)CC(C)(N)C1CCOC1. The molecule has 1 aliphatic heterocycles. The highest BCUT2D eigenvalue weighted by Gasteiger charge is 2.34. The lowest BCUT2D eigenvalue weighted by Gasteiger charge is -2.34. The van der Waals surface area contributed by atoms with Crippen molar-refractivity contribution in [3.8, 4) is 0 Å². The Labute approximate surface area is 88.2 Å². The number of hydrogen-bond donors (Lipinski definition) is 1. The Kier molecular flexibility index (Phi) is 3.96. The predicted octanol–water partition coefficient (Wildman–Crippen LogP) is 2.42. The van der Waals surface area contributed by atoms with Crippen LogP contribution in [0.4, 0.5) is 0 Å². The average Bonchev–Trinajstić information content (AvgIpc) is 2.54. The predicted molar refractivity (Wildman–Crippen MR) is 60.1 cm³/mol. The summed E-state index contributed by atoms with van der Waals surface area (Å²) < 4.78 is 5.41. The maximum absolute atomic E-state index is 6.38. The van der Waals surface area contributed by atoms with Crippen LogP contribution in [0.5, 0.6) is 0 Å². The molecule has 0 aromatic heterocycles. The molecular formula is C12H25NO. The van der Waals surface area contributed by atoms with E-state index < -0.39 is 0 Å². The van der Waals surface area contributed by atoms with Crippen LogP contribution in [0.2, 0.25) is 0 Å². The highest BCUT2D eigenvalue weighted by atomic mass is 16.5. The van der Waals surface area contributed by atoms with E-state index in [1.54, 1.807) is 0 Å². The Morgan fingerprint density at radius 2 is 2.07 bits per heavy atom. The molecule has 2 unspecified atom stereocenters. The van der Waals surface area contributed by atoms with Crippen molar-refractivity contribution in [1.82, 2.24) is 0 Å². The van der Waals surface area contributed by atoms with Crippen LogP contribution >= 0.6 is 0 Å². The van der Waals surface area contributed by atoms with Gasteiger partial charge in [0.15, 0.2) is 0 Å². The van der Waals surface area contributed by atoms with Crippen LogP contribution in [-0.4, -0.2) is 18.8 Å². The molecule has 2 nitrogen and oxygen atoms in total. The smallest absolute Gasteiger partial charge is 0.0512 e. The minimum atomic E-state index is -0.0415. The van der Waals surface area contributed by atoms with Gasteiger partial charge in [-0.15, -0.1) is 0 Å². The fraction of sp³-hybridized carbons (Fsp3) is 1.00. The first-order valence-electron chi connectivity index (χ1n) is 5.80. The first kappa shape index (κ1) is 12.0. The topological polar surface area (TPSA) is 35.2 Å². The second-order valence-corrected chi connectivity index (χ2v) is 5.49. The molecule has 84 valence electrons. The van der Waals surface area contributed by atoms with Crippen molar-refractivity contribution in [3.05, 3.63) is 0 Å². The third kappa shape index (κ3) is 2.96. The molecule has 0 amide bonds. The summed E-state index contributed by atoms with van der Waals surface area (Å²) in [4.78, 5) is 0. The van der Waals surface area contributed by atoms with E-state index in [1.165, 1.54) is 0 Å². The minimum absolute atomic E-state index is 0.0415. The van der Waals surface area contributed by atoms with Crippen LogP contribution in [0.25, 0.3) is 0 Å². The van der Waals surface area contributed by atoms with E-state index >= 15 is 0 Å². The summed E-state index contributed by atoms with van der Waals surface area (Å²) in [5.74, 6) is 1.98. The Hall–Kier alpha value is -0.0800. The average molecular weight is 199 g/mol. The van der Waals surface area contributed by atoms with Crippen LogP contribution in [-0.2, 0) is 4.74 Å². The molecule has 0 radical (unpaired) electrons. The molecule has 2 N–H and O–H groups in total. The van der Waals surface area contributed by atoms with Crippen LogP contribution < -0.4 is 5.73 Å². The maximum Gasteiger partial charge on any atom is 0.0512 e. The van der Waals surface area contributed by atoms with Crippen molar-refractivity contribution in [2.75, 3.05) is 13.2 Å². The summed E-state index contributed by atoms with van der Waals surface area (Å²) >= 11 is 0. The monoisotopic (exact) mass is 199 g/mol. The molecule has 0 saturated carbocycles. The largest absolute Gasteiger partial charge is 0.381 e. The standard InChI is InChI=1S/C12H25NO/c1-9(2)10(3)7-12(4,13)11-5-6-14-8-11/h9-11H,5-8,13H2,1-4H3/t10-,11?,12?/m0/s1. The van der Waals surface area contributed by atoms with E-state index in [0.29, 0.717) is 11.8 Å². The lowest BCUT2D eigenvalue weighted by Crippen LogP contribution is -2.46. The lowest BCUT2D eigenvalue weighted by molar-refractivity contribution is 0.152. The van der Waals surface area contributed by atoms with Gasteiger partial charge in [0.1, 0.15) is 0 Å². The third-order valence-corrected chi connectivity index (χ3v) is 3.76. The first-order valence-corrected chi connectivity index (χ1v) is 5.80. The summed E-state index contributed by atoms with van der Waals surface area (Å²) in [6.07, 6.45) is 2.25. The molecular weight excluding hydrogens is 174 g/mol. The summed E-state index contributed by atoms with van der Waals surface area (Å²) in [5.41, 5.74) is 6.34. The fourth-order valence-electron chi connectivity index (χ4n) is 2.15. The van der Waals surface area contributed by atoms with Crippen LogP contribution in [0.1, 0.15) is 40.5 Å². The van der Waals surface area contributed by atoms with Crippen molar-refractivity contribution in [2.45, 2.75) is 46.1 Å². The van der Waals surface area contributed by atoms with Crippen LogP contribution in [0.3, 0.4) is 0 Å². The summed E-state index contributed by atoms with van der Waals surface area (Å²) in [7, 11) is 0. The second-order valence-electron chi connectivity index (χ2n) is 5.49. The Morgan fingerprint density at radius 3 is 2.50 bits per heavy atom. The van der Waals surface area contributed by atoms with Gasteiger partial charge in [-0.25, -0.2) is 0 Å². The molecule has 14 heavy (non-hydrogen) atoms. The normalized spacial score (nSPS) is 29.1. The summed E-state index contributed by atoms with van der Waals surface area (Å²) in [6.45, 7) is 10.8. The molecule has 0 bridgehead atoms. The van der Waals surface area contributed by atoms with E-state index in [9.17, 15) is 0 Å². The van der Waals surface area contributed by atoms with Gasteiger partial charge in [0.05, 0.1) is 6.61 Å². The van der Waals surface area contributed by atoms with E-state index in [-0.39, 0.29) is 5.54 Å². The Balaban J connectivity index is 2.47. The van der Waals surface area contributed by atoms with Gasteiger partial charge in [-0.3, -0.25) is 0 Å². The van der Waals surface area contributed by atoms with E-state index in [1.807, 2.05) is 0 Å². The molecule has 1 aliphatic rings. The number of ether oxygens (including phenoxy) is 1. The molecule has 0 aromatic rings. The lowest BCUT2D eigenvalue weighted by atomic mass is 9.76. The molecule has 1 fully saturated rings. The molecule has 1 heterocycles. The van der Waals surface area contributed by atoms with Gasteiger partial charge >= 0.3 is 0 Å². The van der Waals surface area contributed by atoms with Crippen molar-refractivity contribution in [3.63, 3.8) is 0 Å². The summed E-state index contributed by atoms with van der Waals surface area (Å²) in [5, 5.41) is 0. The minimum Gasteiger partial charge on any atom is -0.381 e. The van der Waals surface area contributed by atoms with Crippen LogP contribution in [0.15, 0.2) is 0 Å². The Morgan fingerprint density at radius 1 is 1.43 bits per heavy atom. The Bertz CT molecular complexity index is 171. The zero-order valence-corrected chi connectivity index (χ0v) is 10.0. The van der Waals surface area contributed by atoms with Crippen molar-refractivity contribution in [1.29, 1.82) is 0 Å². The van der Waals surface area contributed by atoms with Crippen molar-refractivity contribution < 1.29 is 4.74 Å².